The van der Waals surface area contributed by atoms with Gasteiger partial charge in [-0.15, -0.1) is 0 Å². The molecule has 0 aliphatic carbocycles. The fraction of sp³-hybridized carbons (Fsp3) is 0. The highest BCUT2D eigenvalue weighted by molar-refractivity contribution is 5.86. The number of nitrogen functional groups attached to an aromatic ring is 1. The van der Waals surface area contributed by atoms with E-state index in [0.29, 0.717) is 0 Å². The third-order valence-electron chi connectivity index (χ3n) is 3.69. The number of hydrogen-bond donors (Lipinski definition) is 1. The Kier molecular flexibility index (Phi) is 4.70. The zero-order valence-electron chi connectivity index (χ0n) is 12.9. The van der Waals surface area contributed by atoms with E-state index in [1.54, 1.807) is 0 Å². The standard InChI is InChI=1S/C22H19N/c23-22-17-8-7-15-21(22)20(19-13-5-2-6-14-19)16-9-12-18-10-3-1-4-11-18/h1-17H,23H2/b12-9+,20-16-. The number of hydrogen-bond acceptors (Lipinski definition) is 1. The minimum Gasteiger partial charge on any atom is -0.398 e. The Hall–Kier alpha value is -3.06. The van der Waals surface area contributed by atoms with Gasteiger partial charge in [0, 0.05) is 11.3 Å². The minimum absolute atomic E-state index is 0.788. The number of anilines is 1. The van der Waals surface area contributed by atoms with Gasteiger partial charge >= 0.3 is 0 Å². The van der Waals surface area contributed by atoms with Crippen LogP contribution in [-0.4, -0.2) is 0 Å². The summed E-state index contributed by atoms with van der Waals surface area (Å²) in [5, 5.41) is 0. The summed E-state index contributed by atoms with van der Waals surface area (Å²) in [5.74, 6) is 0. The molecule has 0 spiro atoms. The lowest BCUT2D eigenvalue weighted by atomic mass is 9.96. The van der Waals surface area contributed by atoms with Crippen molar-refractivity contribution >= 4 is 17.3 Å². The second-order valence-electron chi connectivity index (χ2n) is 5.30. The zero-order chi connectivity index (χ0) is 15.9. The fourth-order valence-electron chi connectivity index (χ4n) is 2.52. The Bertz CT molecular complexity index is 815. The van der Waals surface area contributed by atoms with Crippen LogP contribution in [0.1, 0.15) is 16.7 Å². The predicted octanol–water partition coefficient (Wildman–Crippen LogP) is 5.41. The van der Waals surface area contributed by atoms with Crippen molar-refractivity contribution in [3.8, 4) is 0 Å². The number of para-hydroxylation sites is 1. The number of nitrogens with two attached hydrogens (primary N) is 1. The molecule has 23 heavy (non-hydrogen) atoms. The molecule has 0 aromatic heterocycles. The molecule has 0 fully saturated rings. The lowest BCUT2D eigenvalue weighted by molar-refractivity contribution is 1.54. The molecule has 112 valence electrons. The largest absolute Gasteiger partial charge is 0.398 e. The maximum atomic E-state index is 6.18. The first-order valence-electron chi connectivity index (χ1n) is 7.68. The summed E-state index contributed by atoms with van der Waals surface area (Å²) < 4.78 is 0. The van der Waals surface area contributed by atoms with Gasteiger partial charge < -0.3 is 5.73 Å². The molecule has 2 N–H and O–H groups in total. The lowest BCUT2D eigenvalue weighted by Crippen LogP contribution is -1.94. The first-order chi connectivity index (χ1) is 11.3. The summed E-state index contributed by atoms with van der Waals surface area (Å²) in [4.78, 5) is 0. The monoisotopic (exact) mass is 297 g/mol. The third-order valence-corrected chi connectivity index (χ3v) is 3.69. The molecule has 0 radical (unpaired) electrons. The van der Waals surface area contributed by atoms with Crippen LogP contribution < -0.4 is 5.73 Å². The van der Waals surface area contributed by atoms with E-state index < -0.39 is 0 Å². The molecular weight excluding hydrogens is 278 g/mol. The maximum absolute atomic E-state index is 6.18. The average molecular weight is 297 g/mol. The molecule has 0 unspecified atom stereocenters. The van der Waals surface area contributed by atoms with Gasteiger partial charge in [0.05, 0.1) is 0 Å². The molecule has 0 aliphatic heterocycles. The van der Waals surface area contributed by atoms with Gasteiger partial charge in [-0.25, -0.2) is 0 Å². The molecule has 3 aromatic carbocycles. The second kappa shape index (κ2) is 7.28. The van der Waals surface area contributed by atoms with Crippen LogP contribution in [-0.2, 0) is 0 Å². The van der Waals surface area contributed by atoms with E-state index in [1.807, 2.05) is 54.6 Å². The van der Waals surface area contributed by atoms with E-state index in [1.165, 1.54) is 5.56 Å². The van der Waals surface area contributed by atoms with Crippen molar-refractivity contribution in [1.82, 2.24) is 0 Å². The van der Waals surface area contributed by atoms with Gasteiger partial charge in [0.2, 0.25) is 0 Å². The van der Waals surface area contributed by atoms with E-state index in [2.05, 4.69) is 48.6 Å². The molecule has 0 heterocycles. The van der Waals surface area contributed by atoms with Crippen LogP contribution in [0, 0.1) is 0 Å². The van der Waals surface area contributed by atoms with Crippen LogP contribution in [0.5, 0.6) is 0 Å². The van der Waals surface area contributed by atoms with Gasteiger partial charge in [-0.05, 0) is 22.8 Å². The van der Waals surface area contributed by atoms with Crippen LogP contribution in [0.25, 0.3) is 11.6 Å². The molecule has 0 bridgehead atoms. The summed E-state index contributed by atoms with van der Waals surface area (Å²) >= 11 is 0. The molecule has 3 rings (SSSR count). The lowest BCUT2D eigenvalue weighted by Gasteiger charge is -2.10. The van der Waals surface area contributed by atoms with Crippen molar-refractivity contribution in [3.63, 3.8) is 0 Å². The Labute approximate surface area is 137 Å². The van der Waals surface area contributed by atoms with Crippen LogP contribution in [0.15, 0.2) is 97.1 Å². The highest BCUT2D eigenvalue weighted by atomic mass is 14.6. The number of rotatable bonds is 4. The van der Waals surface area contributed by atoms with Crippen molar-refractivity contribution in [1.29, 1.82) is 0 Å². The Morgan fingerprint density at radius 1 is 0.696 bits per heavy atom. The fourth-order valence-corrected chi connectivity index (χ4v) is 2.52. The first kappa shape index (κ1) is 14.9. The van der Waals surface area contributed by atoms with E-state index in [4.69, 9.17) is 5.73 Å². The molecule has 3 aromatic rings. The van der Waals surface area contributed by atoms with E-state index in [0.717, 1.165) is 22.4 Å². The molecule has 0 atom stereocenters. The van der Waals surface area contributed by atoms with Crippen LogP contribution >= 0.6 is 0 Å². The maximum Gasteiger partial charge on any atom is 0.0393 e. The second-order valence-corrected chi connectivity index (χ2v) is 5.30. The summed E-state index contributed by atoms with van der Waals surface area (Å²) in [5.41, 5.74) is 11.5. The molecule has 1 heteroatoms. The Morgan fingerprint density at radius 3 is 2.00 bits per heavy atom. The van der Waals surface area contributed by atoms with Crippen molar-refractivity contribution < 1.29 is 0 Å². The predicted molar refractivity (Wildman–Crippen MR) is 99.9 cm³/mol. The van der Waals surface area contributed by atoms with Crippen LogP contribution in [0.3, 0.4) is 0 Å². The SMILES string of the molecule is Nc1ccccc1/C(=C\C=C\c1ccccc1)c1ccccc1. The van der Waals surface area contributed by atoms with Gasteiger partial charge in [0.1, 0.15) is 0 Å². The molecule has 0 saturated heterocycles. The normalized spacial score (nSPS) is 11.7. The highest BCUT2D eigenvalue weighted by Crippen LogP contribution is 2.27. The smallest absolute Gasteiger partial charge is 0.0393 e. The third kappa shape index (κ3) is 3.78. The van der Waals surface area contributed by atoms with Crippen LogP contribution in [0.2, 0.25) is 0 Å². The summed E-state index contributed by atoms with van der Waals surface area (Å²) in [6.45, 7) is 0. The first-order valence-corrected chi connectivity index (χ1v) is 7.68. The van der Waals surface area contributed by atoms with Gasteiger partial charge in [0.25, 0.3) is 0 Å². The summed E-state index contributed by atoms with van der Waals surface area (Å²) in [7, 11) is 0. The molecule has 0 saturated carbocycles. The van der Waals surface area contributed by atoms with Crippen molar-refractivity contribution in [2.24, 2.45) is 0 Å². The van der Waals surface area contributed by atoms with Gasteiger partial charge in [-0.1, -0.05) is 97.1 Å². The zero-order valence-corrected chi connectivity index (χ0v) is 12.9. The molecule has 1 nitrogen and oxygen atoms in total. The summed E-state index contributed by atoms with van der Waals surface area (Å²) in [6, 6.07) is 28.6. The van der Waals surface area contributed by atoms with Gasteiger partial charge in [-0.3, -0.25) is 0 Å². The Balaban J connectivity index is 2.01. The quantitative estimate of drug-likeness (QED) is 0.505. The van der Waals surface area contributed by atoms with E-state index in [-0.39, 0.29) is 0 Å². The molecular formula is C22H19N. The van der Waals surface area contributed by atoms with E-state index >= 15 is 0 Å². The Morgan fingerprint density at radius 2 is 1.30 bits per heavy atom. The van der Waals surface area contributed by atoms with Crippen molar-refractivity contribution in [2.45, 2.75) is 0 Å². The number of benzene rings is 3. The minimum atomic E-state index is 0.788. The highest BCUT2D eigenvalue weighted by Gasteiger charge is 2.06. The molecule has 0 amide bonds. The average Bonchev–Trinajstić information content (AvgIpc) is 2.61. The molecule has 0 aliphatic rings. The van der Waals surface area contributed by atoms with Crippen LogP contribution in [0.4, 0.5) is 5.69 Å². The van der Waals surface area contributed by atoms with Crippen molar-refractivity contribution in [3.05, 3.63) is 114 Å². The summed E-state index contributed by atoms with van der Waals surface area (Å²) in [6.07, 6.45) is 6.29. The van der Waals surface area contributed by atoms with Gasteiger partial charge in [0.15, 0.2) is 0 Å². The van der Waals surface area contributed by atoms with Gasteiger partial charge in [-0.2, -0.15) is 0 Å². The van der Waals surface area contributed by atoms with Crippen molar-refractivity contribution in [2.75, 3.05) is 5.73 Å². The topological polar surface area (TPSA) is 26.0 Å². The number of allylic oxidation sites excluding steroid dienone is 2. The van der Waals surface area contributed by atoms with E-state index in [9.17, 15) is 0 Å².